The van der Waals surface area contributed by atoms with Gasteiger partial charge in [0.15, 0.2) is 0 Å². The molecule has 2 rings (SSSR count). The van der Waals surface area contributed by atoms with Crippen LogP contribution in [0.1, 0.15) is 18.4 Å². The third kappa shape index (κ3) is 2.47. The molecule has 1 aliphatic heterocycles. The van der Waals surface area contributed by atoms with Crippen LogP contribution in [0.4, 0.5) is 5.82 Å². The van der Waals surface area contributed by atoms with Gasteiger partial charge in [-0.2, -0.15) is 10.2 Å². The van der Waals surface area contributed by atoms with E-state index >= 15 is 0 Å². The molecule has 2 amide bonds. The molecule has 0 aliphatic carbocycles. The minimum absolute atomic E-state index is 0.178. The summed E-state index contributed by atoms with van der Waals surface area (Å²) in [7, 11) is 1.72. The molecule has 8 nitrogen and oxygen atoms in total. The number of nitrogens with one attached hydrogen (secondary N) is 2. The average molecular weight is 250 g/mol. The van der Waals surface area contributed by atoms with Crippen LogP contribution >= 0.6 is 0 Å². The molecule has 0 unspecified atom stereocenters. The smallest absolute Gasteiger partial charge is 0.267 e. The van der Waals surface area contributed by atoms with Gasteiger partial charge in [0.25, 0.3) is 5.91 Å². The highest BCUT2D eigenvalue weighted by atomic mass is 16.2. The summed E-state index contributed by atoms with van der Waals surface area (Å²) in [5.74, 6) is 0.0236. The number of nitrogen functional groups attached to an aromatic ring is 1. The highest BCUT2D eigenvalue weighted by Crippen LogP contribution is 2.08. The van der Waals surface area contributed by atoms with Crippen molar-refractivity contribution in [2.75, 3.05) is 5.73 Å². The fraction of sp³-hybridized carbons (Fsp3) is 0.400. The maximum Gasteiger partial charge on any atom is 0.267 e. The minimum atomic E-state index is -0.307. The average Bonchev–Trinajstić information content (AvgIpc) is 2.68. The summed E-state index contributed by atoms with van der Waals surface area (Å²) in [6, 6.07) is 0. The number of carbonyl (C=O) groups excluding carboxylic acids is 2. The Morgan fingerprint density at radius 3 is 2.94 bits per heavy atom. The maximum absolute atomic E-state index is 11.7. The molecule has 0 bridgehead atoms. The second-order valence-electron chi connectivity index (χ2n) is 3.95. The normalized spacial score (nSPS) is 14.9. The molecule has 0 aromatic carbocycles. The molecule has 18 heavy (non-hydrogen) atoms. The molecular weight excluding hydrogens is 236 g/mol. The monoisotopic (exact) mass is 250 g/mol. The summed E-state index contributed by atoms with van der Waals surface area (Å²) < 4.78 is 1.53. The van der Waals surface area contributed by atoms with Crippen molar-refractivity contribution in [3.63, 3.8) is 0 Å². The summed E-state index contributed by atoms with van der Waals surface area (Å²) in [4.78, 5) is 22.6. The van der Waals surface area contributed by atoms with Gasteiger partial charge in [-0.15, -0.1) is 0 Å². The molecule has 0 fully saturated rings. The molecule has 0 saturated heterocycles. The summed E-state index contributed by atoms with van der Waals surface area (Å²) >= 11 is 0. The first-order chi connectivity index (χ1) is 8.58. The summed E-state index contributed by atoms with van der Waals surface area (Å²) in [5, 5.41) is 10.4. The van der Waals surface area contributed by atoms with Gasteiger partial charge in [0.2, 0.25) is 5.91 Å². The Kier molecular flexibility index (Phi) is 3.26. The number of anilines is 1. The first kappa shape index (κ1) is 12.1. The SMILES string of the molecule is Cn1ncc(CNC(=O)C2=NNC(=O)CC2)c1N. The zero-order valence-corrected chi connectivity index (χ0v) is 9.93. The van der Waals surface area contributed by atoms with Crippen LogP contribution in [0.5, 0.6) is 0 Å². The molecule has 0 atom stereocenters. The fourth-order valence-electron chi connectivity index (χ4n) is 1.54. The summed E-state index contributed by atoms with van der Waals surface area (Å²) in [6.07, 6.45) is 2.22. The second kappa shape index (κ2) is 4.86. The molecule has 4 N–H and O–H groups in total. The highest BCUT2D eigenvalue weighted by molar-refractivity contribution is 6.39. The molecule has 0 radical (unpaired) electrons. The van der Waals surface area contributed by atoms with Gasteiger partial charge in [-0.3, -0.25) is 14.3 Å². The molecule has 1 aliphatic rings. The van der Waals surface area contributed by atoms with Gasteiger partial charge < -0.3 is 11.1 Å². The molecule has 0 spiro atoms. The van der Waals surface area contributed by atoms with Gasteiger partial charge >= 0.3 is 0 Å². The second-order valence-corrected chi connectivity index (χ2v) is 3.95. The van der Waals surface area contributed by atoms with E-state index in [2.05, 4.69) is 20.9 Å². The Bertz CT molecular complexity index is 518. The molecule has 1 aromatic heterocycles. The van der Waals surface area contributed by atoms with Crippen LogP contribution in [0.3, 0.4) is 0 Å². The van der Waals surface area contributed by atoms with E-state index in [1.54, 1.807) is 13.2 Å². The van der Waals surface area contributed by atoms with Crippen molar-refractivity contribution in [2.45, 2.75) is 19.4 Å². The number of rotatable bonds is 3. The number of hydrogen-bond donors (Lipinski definition) is 3. The number of aromatic nitrogens is 2. The van der Waals surface area contributed by atoms with Crippen molar-refractivity contribution in [3.05, 3.63) is 11.8 Å². The standard InChI is InChI=1S/C10H14N6O2/c1-16-9(11)6(5-13-16)4-12-10(18)7-2-3-8(17)15-14-7/h5H,2-4,11H2,1H3,(H,12,18)(H,15,17). The van der Waals surface area contributed by atoms with E-state index in [0.29, 0.717) is 18.0 Å². The summed E-state index contributed by atoms with van der Waals surface area (Å²) in [6.45, 7) is 0.283. The topological polar surface area (TPSA) is 114 Å². The van der Waals surface area contributed by atoms with Crippen molar-refractivity contribution in [1.82, 2.24) is 20.5 Å². The largest absolute Gasteiger partial charge is 0.384 e. The quantitative estimate of drug-likeness (QED) is 0.630. The number of hydrazone groups is 1. The number of hydrogen-bond acceptors (Lipinski definition) is 5. The van der Waals surface area contributed by atoms with E-state index < -0.39 is 0 Å². The highest BCUT2D eigenvalue weighted by Gasteiger charge is 2.18. The van der Waals surface area contributed by atoms with Crippen molar-refractivity contribution in [2.24, 2.45) is 12.1 Å². The lowest BCUT2D eigenvalue weighted by Crippen LogP contribution is -2.36. The predicted octanol–water partition coefficient (Wildman–Crippen LogP) is -1.12. The lowest BCUT2D eigenvalue weighted by molar-refractivity contribution is -0.121. The van der Waals surface area contributed by atoms with Crippen molar-refractivity contribution in [1.29, 1.82) is 0 Å². The predicted molar refractivity (Wildman–Crippen MR) is 64.3 cm³/mol. The van der Waals surface area contributed by atoms with Crippen LogP contribution < -0.4 is 16.5 Å². The van der Waals surface area contributed by atoms with Crippen LogP contribution in [0.2, 0.25) is 0 Å². The first-order valence-electron chi connectivity index (χ1n) is 5.48. The van der Waals surface area contributed by atoms with E-state index in [9.17, 15) is 9.59 Å². The number of nitrogens with zero attached hydrogens (tertiary/aromatic N) is 3. The lowest BCUT2D eigenvalue weighted by Gasteiger charge is -2.11. The van der Waals surface area contributed by atoms with E-state index in [0.717, 1.165) is 5.56 Å². The van der Waals surface area contributed by atoms with Crippen LogP contribution in [0, 0.1) is 0 Å². The molecule has 8 heteroatoms. The Morgan fingerprint density at radius 1 is 1.61 bits per heavy atom. The molecule has 2 heterocycles. The molecule has 96 valence electrons. The minimum Gasteiger partial charge on any atom is -0.384 e. The zero-order chi connectivity index (χ0) is 13.1. The van der Waals surface area contributed by atoms with Gasteiger partial charge in [-0.1, -0.05) is 0 Å². The Labute approximate surface area is 103 Å². The van der Waals surface area contributed by atoms with Gasteiger partial charge in [-0.05, 0) is 0 Å². The van der Waals surface area contributed by atoms with Gasteiger partial charge in [0.05, 0.1) is 6.20 Å². The third-order valence-corrected chi connectivity index (χ3v) is 2.67. The Morgan fingerprint density at radius 2 is 2.39 bits per heavy atom. The van der Waals surface area contributed by atoms with E-state index in [1.165, 1.54) is 4.68 Å². The van der Waals surface area contributed by atoms with Gasteiger partial charge in [0, 0.05) is 32.0 Å². The Hall–Kier alpha value is -2.38. The van der Waals surface area contributed by atoms with Crippen molar-refractivity contribution in [3.8, 4) is 0 Å². The number of aryl methyl sites for hydroxylation is 1. The van der Waals surface area contributed by atoms with Crippen LogP contribution in [0.15, 0.2) is 11.3 Å². The maximum atomic E-state index is 11.7. The van der Waals surface area contributed by atoms with Crippen molar-refractivity contribution < 1.29 is 9.59 Å². The van der Waals surface area contributed by atoms with E-state index in [1.807, 2.05) is 0 Å². The van der Waals surface area contributed by atoms with E-state index in [-0.39, 0.29) is 24.8 Å². The summed E-state index contributed by atoms with van der Waals surface area (Å²) in [5.41, 5.74) is 9.08. The lowest BCUT2D eigenvalue weighted by atomic mass is 10.1. The molecule has 0 saturated carbocycles. The fourth-order valence-corrected chi connectivity index (χ4v) is 1.54. The zero-order valence-electron chi connectivity index (χ0n) is 9.93. The van der Waals surface area contributed by atoms with Gasteiger partial charge in [-0.25, -0.2) is 5.43 Å². The third-order valence-electron chi connectivity index (χ3n) is 2.67. The first-order valence-corrected chi connectivity index (χ1v) is 5.48. The van der Waals surface area contributed by atoms with Gasteiger partial charge in [0.1, 0.15) is 11.5 Å². The number of amides is 2. The molecular formula is C10H14N6O2. The van der Waals surface area contributed by atoms with Crippen LogP contribution in [-0.2, 0) is 23.2 Å². The number of carbonyl (C=O) groups is 2. The molecule has 1 aromatic rings. The number of nitrogens with two attached hydrogens (primary N) is 1. The van der Waals surface area contributed by atoms with Crippen molar-refractivity contribution >= 4 is 23.3 Å². The van der Waals surface area contributed by atoms with E-state index in [4.69, 9.17) is 5.73 Å². The Balaban J connectivity index is 1.93. The van der Waals surface area contributed by atoms with Crippen LogP contribution in [-0.4, -0.2) is 27.3 Å². The van der Waals surface area contributed by atoms with Crippen LogP contribution in [0.25, 0.3) is 0 Å².